The molecule has 17 nitrogen and oxygen atoms in total. The number of aryl methyl sites for hydroxylation is 1. The topological polar surface area (TPSA) is 200 Å². The van der Waals surface area contributed by atoms with Crippen LogP contribution in [-0.2, 0) is 77.9 Å². The van der Waals surface area contributed by atoms with Crippen LogP contribution in [0.5, 0.6) is 0 Å². The van der Waals surface area contributed by atoms with E-state index in [-0.39, 0.29) is 62.6 Å². The van der Waals surface area contributed by atoms with Crippen LogP contribution < -0.4 is 0 Å². The van der Waals surface area contributed by atoms with Crippen molar-refractivity contribution >= 4 is 41.8 Å². The normalized spacial score (nSPS) is 10.6. The number of hydrogen-bond donors (Lipinski definition) is 0. The summed E-state index contributed by atoms with van der Waals surface area (Å²) in [5.41, 5.74) is 4.76. The summed E-state index contributed by atoms with van der Waals surface area (Å²) in [6.07, 6.45) is 16.9. The molecule has 1 rings (SSSR count). The third kappa shape index (κ3) is 67.3. The lowest BCUT2D eigenvalue weighted by molar-refractivity contribution is -0.139. The van der Waals surface area contributed by atoms with Gasteiger partial charge in [-0.1, -0.05) is 184 Å². The fourth-order valence-corrected chi connectivity index (χ4v) is 7.15. The minimum absolute atomic E-state index is 0. The Bertz CT molecular complexity index is 2090. The van der Waals surface area contributed by atoms with Crippen molar-refractivity contribution in [3.8, 4) is 0 Å². The van der Waals surface area contributed by atoms with Crippen molar-refractivity contribution in [1.82, 2.24) is 9.80 Å². The van der Waals surface area contributed by atoms with Crippen molar-refractivity contribution in [2.24, 2.45) is 23.7 Å². The quantitative estimate of drug-likeness (QED) is 0.0269. The SMILES string of the molecule is C.C.C=C(C(=O)OCC)C(C)CCCC(C)CCCC(C)CCCC(C)C.C=C(C)C(=O)OC.C=C(C)C(=O)OCC.C=C(CCCCCOC)C(=O)OC.C=C(CCc1ccccc1)C(=O)OC.C=C(CN(C)C)C(=O)OC.C=C(CN(C)C)C(=O)OC. The molecule has 0 N–H and O–H groups in total. The van der Waals surface area contributed by atoms with E-state index in [0.29, 0.717) is 71.7 Å². The molecule has 0 saturated carbocycles. The molecule has 516 valence electrons. The molecule has 0 amide bonds. The Kier molecular flexibility index (Phi) is 73.3. The van der Waals surface area contributed by atoms with Gasteiger partial charge in [0.1, 0.15) is 0 Å². The van der Waals surface area contributed by atoms with Gasteiger partial charge in [0.15, 0.2) is 0 Å². The van der Waals surface area contributed by atoms with Crippen molar-refractivity contribution in [3.05, 3.63) is 121 Å². The molecule has 0 aliphatic rings. The number of benzene rings is 1. The molecule has 0 aromatic heterocycles. The molecule has 0 saturated heterocycles. The van der Waals surface area contributed by atoms with E-state index in [1.54, 1.807) is 27.9 Å². The van der Waals surface area contributed by atoms with Crippen LogP contribution in [0.1, 0.15) is 173 Å². The number of likely N-dealkylation sites (N-methyl/N-ethyl adjacent to an activating group) is 2. The highest BCUT2D eigenvalue weighted by Gasteiger charge is 2.16. The summed E-state index contributed by atoms with van der Waals surface area (Å²) in [6.45, 7) is 46.1. The average Bonchev–Trinajstić information content (AvgIpc) is 3.60. The number of carbonyl (C=O) groups excluding carboxylic acids is 7. The number of unbranched alkanes of at least 4 members (excludes halogenated alkanes) is 2. The van der Waals surface area contributed by atoms with Crippen molar-refractivity contribution in [2.75, 3.05) is 104 Å². The zero-order valence-electron chi connectivity index (χ0n) is 57.8. The third-order valence-corrected chi connectivity index (χ3v) is 12.3. The van der Waals surface area contributed by atoms with Crippen LogP contribution in [0.15, 0.2) is 115 Å². The van der Waals surface area contributed by atoms with Crippen molar-refractivity contribution in [1.29, 1.82) is 0 Å². The Labute approximate surface area is 542 Å². The van der Waals surface area contributed by atoms with E-state index in [1.165, 1.54) is 92.5 Å². The summed E-state index contributed by atoms with van der Waals surface area (Å²) in [7, 11) is 15.9. The lowest BCUT2D eigenvalue weighted by atomic mass is 9.90. The van der Waals surface area contributed by atoms with E-state index in [1.807, 2.05) is 75.2 Å². The number of hydrogen-bond acceptors (Lipinski definition) is 17. The summed E-state index contributed by atoms with van der Waals surface area (Å²) < 4.78 is 36.8. The third-order valence-electron chi connectivity index (χ3n) is 12.3. The summed E-state index contributed by atoms with van der Waals surface area (Å²) in [5, 5.41) is 0. The van der Waals surface area contributed by atoms with Gasteiger partial charge in [-0.05, 0) is 124 Å². The van der Waals surface area contributed by atoms with Gasteiger partial charge in [-0.25, -0.2) is 33.6 Å². The van der Waals surface area contributed by atoms with Crippen molar-refractivity contribution in [3.63, 3.8) is 0 Å². The molecule has 0 aliphatic carbocycles. The number of esters is 7. The standard InChI is InChI=1S/C23H44O2.C12H14O2.C10H18O3.2C7H13NO2.C6H10O2.C5H8O2.2CH4/c1-8-25-23(24)22(7)21(6)17-11-16-20(5)15-10-14-19(4)13-9-12-18(2)3;1-10(12(13)14-2)8-9-11-6-4-3-5-7-11;1-9(10(11)13-3)7-5-4-6-8-12-2;2*1-6(5-8(2)3)7(9)10-4;1-4-8-6(7)5(2)3;1-4(2)5(6)7-3;;/h18-21H,7-17H2,1-6H3;3-7H,1,8-9H2,2H3;1,4-8H2,2-3H3;2*1,5H2,2-4H3;2,4H2,1,3H3;1H2,2-3H3;2*1H4. The second-order valence-corrected chi connectivity index (χ2v) is 22.0. The predicted octanol–water partition coefficient (Wildman–Crippen LogP) is 15.1. The van der Waals surface area contributed by atoms with Crippen molar-refractivity contribution < 1.29 is 71.5 Å². The van der Waals surface area contributed by atoms with E-state index < -0.39 is 0 Å². The summed E-state index contributed by atoms with van der Waals surface area (Å²) in [6, 6.07) is 10.0. The lowest BCUT2D eigenvalue weighted by Gasteiger charge is -2.17. The fraction of sp³-hybridized carbons (Fsp3) is 0.625. The second-order valence-electron chi connectivity index (χ2n) is 22.0. The largest absolute Gasteiger partial charge is 0.466 e. The van der Waals surface area contributed by atoms with E-state index in [4.69, 9.17) is 9.47 Å². The molecule has 0 aliphatic heterocycles. The summed E-state index contributed by atoms with van der Waals surface area (Å²) in [4.78, 5) is 79.3. The molecule has 3 atom stereocenters. The van der Waals surface area contributed by atoms with Crippen LogP contribution in [-0.4, -0.2) is 155 Å². The maximum absolute atomic E-state index is 11.7. The molecule has 0 radical (unpaired) electrons. The molecule has 1 aromatic carbocycles. The Morgan fingerprint density at radius 1 is 0.438 bits per heavy atom. The smallest absolute Gasteiger partial charge is 0.334 e. The van der Waals surface area contributed by atoms with Gasteiger partial charge in [-0.3, -0.25) is 0 Å². The maximum Gasteiger partial charge on any atom is 0.334 e. The van der Waals surface area contributed by atoms with Gasteiger partial charge in [0, 0.05) is 65.8 Å². The van der Waals surface area contributed by atoms with Crippen LogP contribution in [0.4, 0.5) is 0 Å². The molecule has 0 bridgehead atoms. The zero-order chi connectivity index (χ0) is 68.5. The molecule has 0 spiro atoms. The van der Waals surface area contributed by atoms with E-state index in [9.17, 15) is 33.6 Å². The Balaban J connectivity index is -0.000000149. The van der Waals surface area contributed by atoms with E-state index in [0.717, 1.165) is 62.9 Å². The lowest BCUT2D eigenvalue weighted by Crippen LogP contribution is -2.19. The van der Waals surface area contributed by atoms with Gasteiger partial charge in [0.2, 0.25) is 0 Å². The molecule has 17 heteroatoms. The second kappa shape index (κ2) is 66.0. The first kappa shape index (κ1) is 98.8. The number of ether oxygens (including phenoxy) is 8. The molecule has 3 unspecified atom stereocenters. The fourth-order valence-electron chi connectivity index (χ4n) is 7.15. The average molecular weight is 1260 g/mol. The summed E-state index contributed by atoms with van der Waals surface area (Å²) in [5.74, 6) is 0.545. The van der Waals surface area contributed by atoms with Gasteiger partial charge in [0.25, 0.3) is 0 Å². The van der Waals surface area contributed by atoms with Crippen molar-refractivity contribution in [2.45, 2.75) is 173 Å². The molecule has 89 heavy (non-hydrogen) atoms. The van der Waals surface area contributed by atoms with Gasteiger partial charge in [-0.2, -0.15) is 0 Å². The predicted molar refractivity (Wildman–Crippen MR) is 368 cm³/mol. The first-order chi connectivity index (χ1) is 40.7. The summed E-state index contributed by atoms with van der Waals surface area (Å²) >= 11 is 0. The highest BCUT2D eigenvalue weighted by atomic mass is 16.5. The molecule has 0 heterocycles. The number of nitrogens with zero attached hydrogens (tertiary/aromatic N) is 2. The first-order valence-electron chi connectivity index (χ1n) is 30.0. The molecule has 1 aromatic rings. The number of rotatable bonds is 35. The highest BCUT2D eigenvalue weighted by Crippen LogP contribution is 2.24. The minimum Gasteiger partial charge on any atom is -0.466 e. The molecular formula is C72H128N2O15. The maximum atomic E-state index is 11.7. The Morgan fingerprint density at radius 3 is 1.12 bits per heavy atom. The number of methoxy groups -OCH3 is 6. The van der Waals surface area contributed by atoms with E-state index >= 15 is 0 Å². The monoisotopic (exact) mass is 1260 g/mol. The van der Waals surface area contributed by atoms with Crippen LogP contribution >= 0.6 is 0 Å². The van der Waals surface area contributed by atoms with Crippen LogP contribution in [0.25, 0.3) is 0 Å². The van der Waals surface area contributed by atoms with Gasteiger partial charge >= 0.3 is 41.8 Å². The molecular weight excluding hydrogens is 1130 g/mol. The van der Waals surface area contributed by atoms with Gasteiger partial charge in [-0.15, -0.1) is 0 Å². The van der Waals surface area contributed by atoms with Crippen LogP contribution in [0, 0.1) is 23.7 Å². The number of carbonyl (C=O) groups is 7. The van der Waals surface area contributed by atoms with Gasteiger partial charge < -0.3 is 47.7 Å². The Morgan fingerprint density at radius 2 is 0.798 bits per heavy atom. The zero-order valence-corrected chi connectivity index (χ0v) is 57.8. The van der Waals surface area contributed by atoms with E-state index in [2.05, 4.69) is 109 Å². The first-order valence-corrected chi connectivity index (χ1v) is 30.0. The Hall–Kier alpha value is -6.43. The minimum atomic E-state index is -0.347. The van der Waals surface area contributed by atoms with Gasteiger partial charge in [0.05, 0.1) is 48.8 Å². The molecule has 0 fully saturated rings. The highest BCUT2D eigenvalue weighted by molar-refractivity contribution is 5.90. The van der Waals surface area contributed by atoms with Crippen LogP contribution in [0.2, 0.25) is 0 Å². The van der Waals surface area contributed by atoms with Crippen LogP contribution in [0.3, 0.4) is 0 Å².